The summed E-state index contributed by atoms with van der Waals surface area (Å²) in [5, 5.41) is 8.94. The topological polar surface area (TPSA) is 94.9 Å². The summed E-state index contributed by atoms with van der Waals surface area (Å²) in [6.07, 6.45) is 7.51. The van der Waals surface area contributed by atoms with E-state index in [-0.39, 0.29) is 22.8 Å². The number of anilines is 1. The van der Waals surface area contributed by atoms with Crippen molar-refractivity contribution >= 4 is 5.95 Å². The van der Waals surface area contributed by atoms with Gasteiger partial charge in [-0.05, 0) is 35.7 Å². The Hall–Kier alpha value is -3.73. The number of nitrogens with one attached hydrogen (secondary N) is 1. The van der Waals surface area contributed by atoms with Crippen LogP contribution in [-0.4, -0.2) is 34.1 Å². The lowest BCUT2D eigenvalue weighted by Gasteiger charge is -2.32. The van der Waals surface area contributed by atoms with Crippen LogP contribution in [0.15, 0.2) is 47.7 Å². The number of ether oxygens (including phenoxy) is 1. The number of hydrogen-bond donors (Lipinski definition) is 1. The number of aromatic nitrogens is 3. The summed E-state index contributed by atoms with van der Waals surface area (Å²) in [5.41, 5.74) is 1.29. The predicted octanol–water partition coefficient (Wildman–Crippen LogP) is 3.45. The molecule has 0 spiro atoms. The third kappa shape index (κ3) is 4.40. The van der Waals surface area contributed by atoms with Crippen LogP contribution in [0.5, 0.6) is 5.75 Å². The number of aromatic amines is 1. The third-order valence-corrected chi connectivity index (χ3v) is 5.42. The fraction of sp³-hybridized carbons (Fsp3) is 0.304. The number of rotatable bonds is 5. The summed E-state index contributed by atoms with van der Waals surface area (Å²) in [5.74, 6) is 0.437. The number of benzene rings is 1. The number of piperidine rings is 1. The maximum atomic E-state index is 14.1. The van der Waals surface area contributed by atoms with E-state index < -0.39 is 5.82 Å². The molecule has 158 valence electrons. The normalized spacial score (nSPS) is 14.3. The first kappa shape index (κ1) is 20.5. The molecule has 2 aromatic heterocycles. The molecule has 1 aliphatic rings. The first-order chi connectivity index (χ1) is 15.1. The molecule has 8 heteroatoms. The molecule has 1 N–H and O–H groups in total. The Morgan fingerprint density at radius 1 is 1.26 bits per heavy atom. The highest BCUT2D eigenvalue weighted by atomic mass is 19.1. The lowest BCUT2D eigenvalue weighted by Crippen LogP contribution is -2.39. The van der Waals surface area contributed by atoms with Crippen molar-refractivity contribution in [2.45, 2.75) is 32.3 Å². The summed E-state index contributed by atoms with van der Waals surface area (Å²) >= 11 is 0. The zero-order chi connectivity index (χ0) is 21.8. The Bertz CT molecular complexity index is 1160. The Morgan fingerprint density at radius 2 is 2.00 bits per heavy atom. The molecule has 0 radical (unpaired) electrons. The largest absolute Gasteiger partial charge is 0.489 e. The van der Waals surface area contributed by atoms with Gasteiger partial charge >= 0.3 is 0 Å². The number of H-pyrrole nitrogens is 1. The number of pyridine rings is 1. The molecule has 7 nitrogen and oxygen atoms in total. The van der Waals surface area contributed by atoms with Gasteiger partial charge in [0.25, 0.3) is 5.56 Å². The second kappa shape index (κ2) is 8.96. The maximum absolute atomic E-state index is 14.1. The highest BCUT2D eigenvalue weighted by Crippen LogP contribution is 2.30. The van der Waals surface area contributed by atoms with Crippen molar-refractivity contribution in [1.29, 1.82) is 5.26 Å². The van der Waals surface area contributed by atoms with Gasteiger partial charge in [-0.25, -0.2) is 14.4 Å². The Balaban J connectivity index is 1.49. The van der Waals surface area contributed by atoms with Gasteiger partial charge < -0.3 is 14.6 Å². The summed E-state index contributed by atoms with van der Waals surface area (Å²) in [7, 11) is 0. The fourth-order valence-electron chi connectivity index (χ4n) is 3.64. The van der Waals surface area contributed by atoms with Crippen LogP contribution in [0, 0.1) is 17.1 Å². The molecule has 0 unspecified atom stereocenters. The molecule has 1 fully saturated rings. The fourth-order valence-corrected chi connectivity index (χ4v) is 3.64. The number of hydrogen-bond acceptors (Lipinski definition) is 6. The lowest BCUT2D eigenvalue weighted by atomic mass is 10.0. The lowest BCUT2D eigenvalue weighted by molar-refractivity contribution is 0.171. The number of nitrogens with zero attached hydrogens (tertiary/aromatic N) is 4. The SMILES string of the molecule is CCc1cnc(N2CCC(Oc3cc[nH]c(=O)c3-c3ccc(C#N)c(F)c3)CC2)nc1. The maximum Gasteiger partial charge on any atom is 0.259 e. The second-order valence-corrected chi connectivity index (χ2v) is 7.40. The van der Waals surface area contributed by atoms with Gasteiger partial charge in [-0.3, -0.25) is 4.79 Å². The van der Waals surface area contributed by atoms with Crippen LogP contribution in [0.4, 0.5) is 10.3 Å². The van der Waals surface area contributed by atoms with Crippen LogP contribution < -0.4 is 15.2 Å². The van der Waals surface area contributed by atoms with E-state index >= 15 is 0 Å². The predicted molar refractivity (Wildman–Crippen MR) is 114 cm³/mol. The smallest absolute Gasteiger partial charge is 0.259 e. The van der Waals surface area contributed by atoms with Crippen molar-refractivity contribution < 1.29 is 9.13 Å². The summed E-state index contributed by atoms with van der Waals surface area (Å²) in [4.78, 5) is 26.1. The van der Waals surface area contributed by atoms with E-state index in [0.29, 0.717) is 17.3 Å². The Morgan fingerprint density at radius 3 is 2.65 bits per heavy atom. The summed E-state index contributed by atoms with van der Waals surface area (Å²) in [6, 6.07) is 7.57. The van der Waals surface area contributed by atoms with Crippen LogP contribution in [0.2, 0.25) is 0 Å². The summed E-state index contributed by atoms with van der Waals surface area (Å²) < 4.78 is 20.3. The van der Waals surface area contributed by atoms with E-state index in [1.54, 1.807) is 18.2 Å². The number of aryl methyl sites for hydroxylation is 1. The molecule has 31 heavy (non-hydrogen) atoms. The molecule has 0 aliphatic carbocycles. The van der Waals surface area contributed by atoms with E-state index in [1.165, 1.54) is 18.3 Å². The molecule has 4 rings (SSSR count). The molecule has 3 aromatic rings. The zero-order valence-electron chi connectivity index (χ0n) is 17.1. The average molecular weight is 419 g/mol. The molecule has 1 aliphatic heterocycles. The van der Waals surface area contributed by atoms with Gasteiger partial charge in [0.15, 0.2) is 0 Å². The van der Waals surface area contributed by atoms with Crippen molar-refractivity contribution in [3.63, 3.8) is 0 Å². The van der Waals surface area contributed by atoms with Gasteiger partial charge in [-0.2, -0.15) is 5.26 Å². The molecule has 0 bridgehead atoms. The van der Waals surface area contributed by atoms with Crippen LogP contribution in [0.1, 0.15) is 30.9 Å². The van der Waals surface area contributed by atoms with E-state index in [2.05, 4.69) is 26.8 Å². The highest BCUT2D eigenvalue weighted by Gasteiger charge is 2.24. The molecule has 0 atom stereocenters. The van der Waals surface area contributed by atoms with Crippen LogP contribution in [0.3, 0.4) is 0 Å². The number of halogens is 1. The zero-order valence-corrected chi connectivity index (χ0v) is 17.1. The quantitative estimate of drug-likeness (QED) is 0.681. The summed E-state index contributed by atoms with van der Waals surface area (Å²) in [6.45, 7) is 3.54. The minimum atomic E-state index is -0.670. The highest BCUT2D eigenvalue weighted by molar-refractivity contribution is 5.70. The van der Waals surface area contributed by atoms with Gasteiger partial charge in [0.1, 0.15) is 23.7 Å². The van der Waals surface area contributed by atoms with Crippen molar-refractivity contribution in [2.75, 3.05) is 18.0 Å². The standard InChI is InChI=1S/C23H22FN5O2/c1-2-15-13-27-23(28-14-15)29-9-6-18(7-10-29)31-20-5-8-26-22(30)21(20)16-3-4-17(12-25)19(24)11-16/h3-5,8,11,13-14,18H,2,6-7,9-10H2,1H3,(H,26,30). The molecule has 1 saturated heterocycles. The molecule has 0 saturated carbocycles. The van der Waals surface area contributed by atoms with Gasteiger partial charge in [0, 0.05) is 44.5 Å². The van der Waals surface area contributed by atoms with Crippen molar-refractivity contribution in [1.82, 2.24) is 15.0 Å². The minimum Gasteiger partial charge on any atom is -0.489 e. The minimum absolute atomic E-state index is 0.0693. The molecule has 0 amide bonds. The van der Waals surface area contributed by atoms with Crippen molar-refractivity contribution in [3.8, 4) is 22.9 Å². The van der Waals surface area contributed by atoms with E-state index in [9.17, 15) is 9.18 Å². The van der Waals surface area contributed by atoms with Gasteiger partial charge in [0.2, 0.25) is 5.95 Å². The average Bonchev–Trinajstić information content (AvgIpc) is 2.80. The number of nitriles is 1. The third-order valence-electron chi connectivity index (χ3n) is 5.42. The second-order valence-electron chi connectivity index (χ2n) is 7.40. The van der Waals surface area contributed by atoms with Gasteiger partial charge in [0.05, 0.1) is 11.1 Å². The van der Waals surface area contributed by atoms with E-state index in [4.69, 9.17) is 10.00 Å². The van der Waals surface area contributed by atoms with Crippen molar-refractivity contribution in [3.05, 3.63) is 70.2 Å². The van der Waals surface area contributed by atoms with Crippen LogP contribution >= 0.6 is 0 Å². The van der Waals surface area contributed by atoms with Crippen molar-refractivity contribution in [2.24, 2.45) is 0 Å². The van der Waals surface area contributed by atoms with E-state index in [0.717, 1.165) is 37.9 Å². The Labute approximate surface area is 179 Å². The monoisotopic (exact) mass is 419 g/mol. The van der Waals surface area contributed by atoms with E-state index in [1.807, 2.05) is 12.4 Å². The van der Waals surface area contributed by atoms with Crippen LogP contribution in [-0.2, 0) is 6.42 Å². The molecule has 1 aromatic carbocycles. The van der Waals surface area contributed by atoms with Crippen LogP contribution in [0.25, 0.3) is 11.1 Å². The first-order valence-electron chi connectivity index (χ1n) is 10.2. The molecular weight excluding hydrogens is 397 g/mol. The van der Waals surface area contributed by atoms with Gasteiger partial charge in [-0.15, -0.1) is 0 Å². The first-order valence-corrected chi connectivity index (χ1v) is 10.2. The molecule has 3 heterocycles. The Kier molecular flexibility index (Phi) is 5.94. The van der Waals surface area contributed by atoms with Gasteiger partial charge in [-0.1, -0.05) is 13.0 Å². The molecular formula is C23H22FN5O2.